The van der Waals surface area contributed by atoms with E-state index >= 15 is 0 Å². The highest BCUT2D eigenvalue weighted by Gasteiger charge is 2.15. The summed E-state index contributed by atoms with van der Waals surface area (Å²) in [5.74, 6) is 1.63. The second-order valence-corrected chi connectivity index (χ2v) is 9.29. The monoisotopic (exact) mass is 522 g/mol. The molecule has 0 amide bonds. The Hall–Kier alpha value is -0.870. The van der Waals surface area contributed by atoms with Gasteiger partial charge in [-0.2, -0.15) is 0 Å². The van der Waals surface area contributed by atoms with Gasteiger partial charge >= 0.3 is 0 Å². The first-order valence-electron chi connectivity index (χ1n) is 9.94. The van der Waals surface area contributed by atoms with E-state index in [4.69, 9.17) is 0 Å². The van der Waals surface area contributed by atoms with E-state index in [1.54, 1.807) is 25.2 Å². The summed E-state index contributed by atoms with van der Waals surface area (Å²) in [6.07, 6.45) is 9.35. The zero-order valence-corrected chi connectivity index (χ0v) is 20.3. The third-order valence-corrected chi connectivity index (χ3v) is 6.69. The Morgan fingerprint density at radius 3 is 2.61 bits per heavy atom. The molecule has 8 heteroatoms. The van der Waals surface area contributed by atoms with Crippen molar-refractivity contribution in [3.63, 3.8) is 0 Å². The van der Waals surface area contributed by atoms with Crippen LogP contribution in [-0.4, -0.2) is 34.5 Å². The number of halogens is 1. The average molecular weight is 522 g/mol. The minimum Gasteiger partial charge on any atom is -0.354 e. The lowest BCUT2D eigenvalue weighted by Crippen LogP contribution is -2.42. The van der Waals surface area contributed by atoms with Gasteiger partial charge in [-0.1, -0.05) is 44.2 Å². The molecule has 160 valence electrons. The lowest BCUT2D eigenvalue weighted by atomic mass is 9.85. The van der Waals surface area contributed by atoms with Gasteiger partial charge in [-0.25, -0.2) is 13.1 Å². The second-order valence-electron chi connectivity index (χ2n) is 7.41. The van der Waals surface area contributed by atoms with Gasteiger partial charge in [-0.3, -0.25) is 4.99 Å². The van der Waals surface area contributed by atoms with Gasteiger partial charge < -0.3 is 10.6 Å². The van der Waals surface area contributed by atoms with Crippen LogP contribution in [-0.2, 0) is 16.6 Å². The summed E-state index contributed by atoms with van der Waals surface area (Å²) < 4.78 is 26.2. The standard InChI is InChI=1S/C20H34N4O2S.HI/c1-16(12-13-17-8-5-4-6-9-17)24-20(21-2)23-15-18-10-7-11-19(14-18)27(25,26)22-3;/h7,10-11,14,16-17,22H,4-6,8-9,12-13,15H2,1-3H3,(H2,21,23,24);1H. The van der Waals surface area contributed by atoms with Gasteiger partial charge in [-0.15, -0.1) is 24.0 Å². The van der Waals surface area contributed by atoms with Crippen molar-refractivity contribution in [2.75, 3.05) is 14.1 Å². The van der Waals surface area contributed by atoms with Crippen molar-refractivity contribution in [1.82, 2.24) is 15.4 Å². The first-order chi connectivity index (χ1) is 12.9. The molecule has 3 N–H and O–H groups in total. The molecular formula is C20H35IN4O2S. The van der Waals surface area contributed by atoms with Crippen molar-refractivity contribution >= 4 is 40.0 Å². The van der Waals surface area contributed by atoms with Gasteiger partial charge in [0.2, 0.25) is 10.0 Å². The molecule has 0 saturated heterocycles. The molecule has 1 aromatic rings. The number of nitrogens with zero attached hydrogens (tertiary/aromatic N) is 1. The Bertz CT molecular complexity index is 719. The molecule has 1 saturated carbocycles. The Morgan fingerprint density at radius 2 is 1.96 bits per heavy atom. The highest BCUT2D eigenvalue weighted by molar-refractivity contribution is 14.0. The van der Waals surface area contributed by atoms with Crippen molar-refractivity contribution in [1.29, 1.82) is 0 Å². The molecular weight excluding hydrogens is 487 g/mol. The van der Waals surface area contributed by atoms with Gasteiger partial charge in [0.25, 0.3) is 0 Å². The second kappa shape index (κ2) is 12.6. The van der Waals surface area contributed by atoms with Gasteiger partial charge in [0.05, 0.1) is 4.90 Å². The fourth-order valence-electron chi connectivity index (χ4n) is 3.59. The van der Waals surface area contributed by atoms with Gasteiger partial charge in [0.15, 0.2) is 5.96 Å². The molecule has 0 aromatic heterocycles. The van der Waals surface area contributed by atoms with Gasteiger partial charge in [0, 0.05) is 19.6 Å². The fourth-order valence-corrected chi connectivity index (χ4v) is 4.39. The topological polar surface area (TPSA) is 82.6 Å². The van der Waals surface area contributed by atoms with Crippen molar-refractivity contribution in [2.45, 2.75) is 69.4 Å². The van der Waals surface area contributed by atoms with Crippen LogP contribution in [0.25, 0.3) is 0 Å². The maximum absolute atomic E-state index is 11.9. The molecule has 0 heterocycles. The Morgan fingerprint density at radius 1 is 1.25 bits per heavy atom. The van der Waals surface area contributed by atoms with Crippen LogP contribution in [0.2, 0.25) is 0 Å². The predicted molar refractivity (Wildman–Crippen MR) is 127 cm³/mol. The van der Waals surface area contributed by atoms with Gasteiger partial charge in [-0.05, 0) is 50.4 Å². The molecule has 2 rings (SSSR count). The quantitative estimate of drug-likeness (QED) is 0.277. The molecule has 0 aliphatic heterocycles. The van der Waals surface area contributed by atoms with Crippen molar-refractivity contribution < 1.29 is 8.42 Å². The van der Waals surface area contributed by atoms with Gasteiger partial charge in [0.1, 0.15) is 0 Å². The summed E-state index contributed by atoms with van der Waals surface area (Å²) in [7, 11) is -0.253. The lowest BCUT2D eigenvalue weighted by molar-refractivity contribution is 0.322. The molecule has 1 unspecified atom stereocenters. The Balaban J connectivity index is 0.00000392. The highest BCUT2D eigenvalue weighted by Crippen LogP contribution is 2.27. The number of guanidine groups is 1. The summed E-state index contributed by atoms with van der Waals surface area (Å²) in [6, 6.07) is 7.29. The van der Waals surface area contributed by atoms with Crippen LogP contribution in [0.1, 0.15) is 57.4 Å². The summed E-state index contributed by atoms with van der Waals surface area (Å²) in [4.78, 5) is 4.56. The normalized spacial score (nSPS) is 16.9. The smallest absolute Gasteiger partial charge is 0.240 e. The molecule has 6 nitrogen and oxygen atoms in total. The first-order valence-corrected chi connectivity index (χ1v) is 11.4. The lowest BCUT2D eigenvalue weighted by Gasteiger charge is -2.24. The zero-order valence-electron chi connectivity index (χ0n) is 17.2. The van der Waals surface area contributed by atoms with Crippen LogP contribution < -0.4 is 15.4 Å². The molecule has 0 spiro atoms. The minimum atomic E-state index is -3.43. The maximum Gasteiger partial charge on any atom is 0.240 e. The molecule has 1 fully saturated rings. The van der Waals surface area contributed by atoms with Crippen molar-refractivity contribution in [3.05, 3.63) is 29.8 Å². The number of hydrogen-bond acceptors (Lipinski definition) is 3. The summed E-state index contributed by atoms with van der Waals surface area (Å²) in [6.45, 7) is 2.71. The molecule has 1 aliphatic rings. The van der Waals surface area contributed by atoms with E-state index in [-0.39, 0.29) is 28.9 Å². The van der Waals surface area contributed by atoms with Crippen LogP contribution in [0, 0.1) is 5.92 Å². The van der Waals surface area contributed by atoms with Crippen LogP contribution in [0.15, 0.2) is 34.2 Å². The van der Waals surface area contributed by atoms with Crippen LogP contribution >= 0.6 is 24.0 Å². The maximum atomic E-state index is 11.9. The molecule has 0 radical (unpaired) electrons. The third-order valence-electron chi connectivity index (χ3n) is 5.28. The Labute approximate surface area is 187 Å². The largest absolute Gasteiger partial charge is 0.354 e. The highest BCUT2D eigenvalue weighted by atomic mass is 127. The molecule has 28 heavy (non-hydrogen) atoms. The third kappa shape index (κ3) is 8.24. The molecule has 1 aliphatic carbocycles. The van der Waals surface area contributed by atoms with Crippen molar-refractivity contribution in [3.8, 4) is 0 Å². The fraction of sp³-hybridized carbons (Fsp3) is 0.650. The SMILES string of the molecule is CN=C(NCc1cccc(S(=O)(=O)NC)c1)NC(C)CCC1CCCCC1.I. The summed E-state index contributed by atoms with van der Waals surface area (Å²) >= 11 is 0. The number of aliphatic imine (C=N–C) groups is 1. The average Bonchev–Trinajstić information content (AvgIpc) is 2.70. The Kier molecular flexibility index (Phi) is 11.4. The number of sulfonamides is 1. The van der Waals surface area contributed by atoms with E-state index in [1.165, 1.54) is 45.6 Å². The van der Waals surface area contributed by atoms with E-state index in [0.717, 1.165) is 23.9 Å². The van der Waals surface area contributed by atoms with E-state index in [9.17, 15) is 8.42 Å². The number of benzene rings is 1. The summed E-state index contributed by atoms with van der Waals surface area (Å²) in [5.41, 5.74) is 0.893. The predicted octanol–water partition coefficient (Wildman–Crippen LogP) is 3.63. The minimum absolute atomic E-state index is 0. The van der Waals surface area contributed by atoms with Crippen LogP contribution in [0.4, 0.5) is 0 Å². The number of hydrogen-bond donors (Lipinski definition) is 3. The van der Waals surface area contributed by atoms with E-state index < -0.39 is 10.0 Å². The number of nitrogens with one attached hydrogen (secondary N) is 3. The molecule has 1 atom stereocenters. The van der Waals surface area contributed by atoms with E-state index in [1.807, 2.05) is 6.07 Å². The van der Waals surface area contributed by atoms with Crippen LogP contribution in [0.5, 0.6) is 0 Å². The van der Waals surface area contributed by atoms with Crippen LogP contribution in [0.3, 0.4) is 0 Å². The number of rotatable bonds is 8. The molecule has 1 aromatic carbocycles. The van der Waals surface area contributed by atoms with E-state index in [2.05, 4.69) is 27.3 Å². The van der Waals surface area contributed by atoms with E-state index in [0.29, 0.717) is 12.6 Å². The molecule has 0 bridgehead atoms. The van der Waals surface area contributed by atoms with Crippen molar-refractivity contribution in [2.24, 2.45) is 10.9 Å². The zero-order chi connectivity index (χ0) is 19.7. The summed E-state index contributed by atoms with van der Waals surface area (Å²) in [5, 5.41) is 6.72. The first kappa shape index (κ1) is 25.2.